The van der Waals surface area contributed by atoms with Gasteiger partial charge in [-0.05, 0) is 233 Å². The summed E-state index contributed by atoms with van der Waals surface area (Å²) in [4.78, 5) is 189. The first-order chi connectivity index (χ1) is 62.0. The van der Waals surface area contributed by atoms with Crippen LogP contribution < -0.4 is 62.1 Å². The van der Waals surface area contributed by atoms with E-state index in [1.807, 2.05) is 0 Å². The fourth-order valence-corrected chi connectivity index (χ4v) is 14.0. The van der Waals surface area contributed by atoms with Crippen LogP contribution in [0.3, 0.4) is 0 Å². The highest BCUT2D eigenvalue weighted by molar-refractivity contribution is 6.31. The van der Waals surface area contributed by atoms with E-state index in [9.17, 15) is 57.5 Å². The van der Waals surface area contributed by atoms with Gasteiger partial charge in [-0.2, -0.15) is 0 Å². The van der Waals surface area contributed by atoms with E-state index in [0.29, 0.717) is 100 Å². The Morgan fingerprint density at radius 1 is 0.258 bits per heavy atom. The minimum atomic E-state index is -0.509. The quantitative estimate of drug-likeness (QED) is 0.0351. The van der Waals surface area contributed by atoms with E-state index in [2.05, 4.69) is 82.4 Å². The molecule has 4 aliphatic rings. The molecule has 8 aromatic heterocycles. The van der Waals surface area contributed by atoms with Gasteiger partial charge in [0.1, 0.15) is 28.6 Å². The van der Waals surface area contributed by atoms with Crippen molar-refractivity contribution in [3.8, 4) is 0 Å². The predicted octanol–water partition coefficient (Wildman–Crippen LogP) is 16.6. The molecule has 0 unspecified atom stereocenters. The normalized spacial score (nSPS) is 13.5. The first-order valence-electron chi connectivity index (χ1n) is 40.4. The Bertz CT molecular complexity index is 5330. The minimum Gasteiger partial charge on any atom is -0.322 e. The third-order valence-electron chi connectivity index (χ3n) is 20.1. The summed E-state index contributed by atoms with van der Waals surface area (Å²) < 4.78 is 0. The van der Waals surface area contributed by atoms with Crippen LogP contribution in [0.25, 0.3) is 0 Å². The lowest BCUT2D eigenvalue weighted by molar-refractivity contribution is -0.120. The molecule has 36 heteroatoms. The number of aromatic nitrogens is 8. The molecule has 32 nitrogen and oxygen atoms in total. The van der Waals surface area contributed by atoms with Crippen molar-refractivity contribution in [2.45, 2.75) is 77.0 Å². The molecule has 128 heavy (non-hydrogen) atoms. The summed E-state index contributed by atoms with van der Waals surface area (Å²) in [5, 5.41) is 23.4. The number of hydrogen-bond donors (Lipinski definition) is 8. The largest absolute Gasteiger partial charge is 0.322 e. The topological polar surface area (TPSA) is 417 Å². The van der Waals surface area contributed by atoms with Crippen molar-refractivity contribution in [1.29, 1.82) is 0 Å². The average Bonchev–Trinajstić information content (AvgIpc) is 0.857. The average molecular weight is 1800 g/mol. The van der Waals surface area contributed by atoms with Crippen LogP contribution in [-0.4, -0.2) is 137 Å². The van der Waals surface area contributed by atoms with E-state index >= 15 is 0 Å². The Kier molecular flexibility index (Phi) is 31.1. The summed E-state index contributed by atoms with van der Waals surface area (Å²) in [5.41, 5.74) is 7.59. The molecule has 4 aliphatic heterocycles. The van der Waals surface area contributed by atoms with Gasteiger partial charge in [-0.15, -0.1) is 0 Å². The van der Waals surface area contributed by atoms with Crippen LogP contribution in [0.2, 0.25) is 20.1 Å². The van der Waals surface area contributed by atoms with Crippen molar-refractivity contribution < 1.29 is 57.5 Å². The zero-order valence-electron chi connectivity index (χ0n) is 68.2. The molecule has 8 N–H and O–H groups in total. The van der Waals surface area contributed by atoms with Crippen LogP contribution in [0, 0.1) is 0 Å². The molecule has 4 saturated heterocycles. The molecule has 16 rings (SSSR count). The maximum Gasteiger partial charge on any atom is 0.276 e. The third kappa shape index (κ3) is 24.7. The summed E-state index contributed by atoms with van der Waals surface area (Å²) in [5.74, 6) is -3.16. The van der Waals surface area contributed by atoms with Crippen molar-refractivity contribution in [3.05, 3.63) is 309 Å². The second-order valence-electron chi connectivity index (χ2n) is 28.9. The maximum absolute atomic E-state index is 12.8. The van der Waals surface area contributed by atoms with E-state index < -0.39 is 47.3 Å². The molecule has 0 bridgehead atoms. The van der Waals surface area contributed by atoms with Crippen LogP contribution in [0.5, 0.6) is 0 Å². The first-order valence-corrected chi connectivity index (χ1v) is 41.9. The Hall–Kier alpha value is -15.1. The highest BCUT2D eigenvalue weighted by Gasteiger charge is 2.27. The molecule has 4 fully saturated rings. The van der Waals surface area contributed by atoms with Gasteiger partial charge in [-0.1, -0.05) is 46.4 Å². The molecule has 4 aromatic carbocycles. The van der Waals surface area contributed by atoms with Gasteiger partial charge in [-0.3, -0.25) is 67.5 Å². The first kappa shape index (κ1) is 90.6. The molecule has 12 amide bonds. The predicted molar refractivity (Wildman–Crippen MR) is 488 cm³/mol. The van der Waals surface area contributed by atoms with Gasteiger partial charge in [0.25, 0.3) is 47.3 Å². The summed E-state index contributed by atoms with van der Waals surface area (Å²) in [6.45, 7) is 2.80. The van der Waals surface area contributed by atoms with Crippen molar-refractivity contribution >= 4 is 186 Å². The van der Waals surface area contributed by atoms with Crippen molar-refractivity contribution in [2.24, 2.45) is 0 Å². The summed E-state index contributed by atoms with van der Waals surface area (Å²) in [6, 6.07) is 49.9. The standard InChI is InChI=1S/4C23H20ClN5O3/c24-15-6-11-19(26-14-15)22(31)28-18-4-3-12-25-21(18)23(32)27-16-7-9-17(10-8-16)29-13-2-1-5-20(29)30;24-15-6-11-19(26-14-15)23(32)28-21-18(4-3-12-25-21)22(31)27-16-7-9-17(10-8-16)29-13-2-1-5-20(29)30;24-15-4-9-20(26-13-15)23(32)28-19-10-11-25-14-18(19)22(31)27-16-5-7-17(8-6-16)29-12-2-1-3-21(29)30;24-15-4-9-19(26-13-15)23(32)28-20-14-25-11-10-18(20)22(31)27-16-5-7-17(8-6-16)29-12-2-1-3-21(29)30/h3-4,6-12,14H,1-2,5,13H2,(H,27,32)(H,28,31);3-4,6-12,14H,1-2,5,13H2,(H,27,31)(H,25,28,32);4-11,13-14H,1-3,12H2,(H,27,31)(H,25,28,32);4-11,13-14H,1-3,12H2,(H,27,31)(H,28,32). The number of rotatable bonds is 20. The number of nitrogens with one attached hydrogen (secondary N) is 8. The van der Waals surface area contributed by atoms with Gasteiger partial charge < -0.3 is 62.1 Å². The Labute approximate surface area is 753 Å². The number of anilines is 12. The zero-order valence-corrected chi connectivity index (χ0v) is 71.2. The number of carbonyl (C=O) groups is 12. The Balaban J connectivity index is 0.000000146. The second kappa shape index (κ2) is 44.0. The van der Waals surface area contributed by atoms with Crippen LogP contribution in [0.15, 0.2) is 244 Å². The van der Waals surface area contributed by atoms with Gasteiger partial charge in [0.15, 0.2) is 5.69 Å². The lowest BCUT2D eigenvalue weighted by Gasteiger charge is -2.26. The molecule has 12 aromatic rings. The van der Waals surface area contributed by atoms with E-state index in [1.54, 1.807) is 165 Å². The fourth-order valence-electron chi connectivity index (χ4n) is 13.5. The van der Waals surface area contributed by atoms with Crippen molar-refractivity contribution in [1.82, 2.24) is 39.9 Å². The second-order valence-corrected chi connectivity index (χ2v) is 30.7. The lowest BCUT2D eigenvalue weighted by Crippen LogP contribution is -2.35. The van der Waals surface area contributed by atoms with Gasteiger partial charge in [0, 0.05) is 153 Å². The molecule has 0 atom stereocenters. The van der Waals surface area contributed by atoms with E-state index in [-0.39, 0.29) is 86.0 Å². The van der Waals surface area contributed by atoms with Gasteiger partial charge >= 0.3 is 0 Å². The minimum absolute atomic E-state index is 0.0603. The van der Waals surface area contributed by atoms with Crippen molar-refractivity contribution in [2.75, 3.05) is 88.3 Å². The monoisotopic (exact) mass is 1800 g/mol. The smallest absolute Gasteiger partial charge is 0.276 e. The van der Waals surface area contributed by atoms with Crippen LogP contribution in [0.1, 0.15) is 161 Å². The molecular formula is C92H80Cl4N20O12. The van der Waals surface area contributed by atoms with Crippen LogP contribution in [0.4, 0.5) is 68.4 Å². The van der Waals surface area contributed by atoms with Crippen molar-refractivity contribution in [3.63, 3.8) is 0 Å². The van der Waals surface area contributed by atoms with E-state index in [1.165, 1.54) is 98.4 Å². The third-order valence-corrected chi connectivity index (χ3v) is 21.0. The van der Waals surface area contributed by atoms with E-state index in [0.717, 1.165) is 74.1 Å². The number of hydrogen-bond acceptors (Lipinski definition) is 20. The number of benzene rings is 4. The molecule has 12 heterocycles. The van der Waals surface area contributed by atoms with Crippen LogP contribution >= 0.6 is 46.4 Å². The Morgan fingerprint density at radius 3 is 0.969 bits per heavy atom. The SMILES string of the molecule is O=C(Nc1cccnc1C(=O)Nc1ccc(N2CCCCC2=O)cc1)c1ccc(Cl)cn1.O=C(Nc1ccncc1C(=O)Nc1ccc(N2CCCCC2=O)cc1)c1ccc(Cl)cn1.O=C(Nc1cnccc1C(=O)Nc1ccc(N2CCCCC2=O)cc1)c1ccc(Cl)cn1.O=C(Nc1ncccc1C(=O)Nc1ccc(N2CCCCC2=O)cc1)c1ccc(Cl)cn1. The zero-order chi connectivity index (χ0) is 90.0. The maximum atomic E-state index is 12.8. The van der Waals surface area contributed by atoms with Gasteiger partial charge in [0.2, 0.25) is 23.6 Å². The summed E-state index contributed by atoms with van der Waals surface area (Å²) >= 11 is 23.2. The number of nitrogens with zero attached hydrogens (tertiary/aromatic N) is 12. The highest BCUT2D eigenvalue weighted by Crippen LogP contribution is 2.31. The molecule has 0 saturated carbocycles. The molecule has 0 aliphatic carbocycles. The van der Waals surface area contributed by atoms with Gasteiger partial charge in [-0.25, -0.2) is 29.9 Å². The molecular weight excluding hydrogens is 1720 g/mol. The molecule has 648 valence electrons. The van der Waals surface area contributed by atoms with Crippen LogP contribution in [-0.2, 0) is 19.2 Å². The summed E-state index contributed by atoms with van der Waals surface area (Å²) in [7, 11) is 0. The number of halogens is 4. The fraction of sp³-hybridized carbons (Fsp3) is 0.174. The molecule has 0 radical (unpaired) electrons. The highest BCUT2D eigenvalue weighted by atomic mass is 35.5. The molecule has 0 spiro atoms. The number of carbonyl (C=O) groups excluding carboxylic acids is 12. The van der Waals surface area contributed by atoms with E-state index in [4.69, 9.17) is 46.4 Å². The number of pyridine rings is 8. The van der Waals surface area contributed by atoms with Gasteiger partial charge in [0.05, 0.1) is 60.0 Å². The number of piperidine rings is 4. The Morgan fingerprint density at radius 2 is 0.586 bits per heavy atom. The lowest BCUT2D eigenvalue weighted by atomic mass is 10.1. The number of amides is 12. The summed E-state index contributed by atoms with van der Waals surface area (Å²) in [6.07, 6.45) is 23.9.